The molecule has 0 atom stereocenters. The van der Waals surface area contributed by atoms with Gasteiger partial charge in [-0.25, -0.2) is 10.2 Å². The molecule has 4 aromatic carbocycles. The number of rotatable bonds is 7. The lowest BCUT2D eigenvalue weighted by Crippen LogP contribution is -2.18. The molecule has 0 saturated heterocycles. The summed E-state index contributed by atoms with van der Waals surface area (Å²) in [4.78, 5) is 38.4. The van der Waals surface area contributed by atoms with Crippen molar-refractivity contribution in [2.75, 3.05) is 5.32 Å². The van der Waals surface area contributed by atoms with Crippen LogP contribution >= 0.6 is 57.7 Å². The summed E-state index contributed by atoms with van der Waals surface area (Å²) in [5, 5.41) is 8.96. The SMILES string of the molecule is O=C(N/N=C\c1ccccc1OC(=O)c1ccc(Cl)cc1Cl)c1ccc(NC(=O)c2sc3cc(Cl)ccc3c2Cl)cc1. The molecule has 1 aromatic heterocycles. The number of nitrogens with one attached hydrogen (secondary N) is 2. The number of thiophene rings is 1. The standard InChI is InChI=1S/C30H17Cl4N3O4S/c31-18-7-11-21(23(33)13-18)30(40)41-24-4-2-1-3-17(24)15-35-37-28(38)16-5-9-20(10-6-16)36-29(39)27-26(34)22-12-8-19(32)14-25(22)42-27/h1-15H,(H,36,39)(H,37,38)/b35-15-. The number of anilines is 1. The van der Waals surface area contributed by atoms with E-state index in [9.17, 15) is 14.4 Å². The Hall–Kier alpha value is -3.92. The molecule has 42 heavy (non-hydrogen) atoms. The first-order valence-corrected chi connectivity index (χ1v) is 14.4. The molecule has 0 aliphatic rings. The van der Waals surface area contributed by atoms with Crippen LogP contribution in [0.15, 0.2) is 90.0 Å². The highest BCUT2D eigenvalue weighted by Crippen LogP contribution is 2.37. The van der Waals surface area contributed by atoms with Crippen LogP contribution in [0.25, 0.3) is 10.1 Å². The molecule has 0 saturated carbocycles. The lowest BCUT2D eigenvalue weighted by atomic mass is 10.2. The molecule has 0 fully saturated rings. The van der Waals surface area contributed by atoms with Crippen LogP contribution in [0.2, 0.25) is 20.1 Å². The fourth-order valence-corrected chi connectivity index (χ4v) is 5.97. The number of amides is 2. The van der Waals surface area contributed by atoms with E-state index < -0.39 is 11.9 Å². The van der Waals surface area contributed by atoms with E-state index in [2.05, 4.69) is 15.8 Å². The van der Waals surface area contributed by atoms with Crippen LogP contribution in [0.5, 0.6) is 5.75 Å². The van der Waals surface area contributed by atoms with E-state index in [4.69, 9.17) is 51.1 Å². The molecule has 2 amide bonds. The highest BCUT2D eigenvalue weighted by molar-refractivity contribution is 7.21. The number of ether oxygens (including phenoxy) is 1. The second kappa shape index (κ2) is 12.9. The van der Waals surface area contributed by atoms with Crippen LogP contribution in [0.1, 0.15) is 36.0 Å². The third-order valence-electron chi connectivity index (χ3n) is 5.85. The molecule has 7 nitrogen and oxygen atoms in total. The molecule has 210 valence electrons. The summed E-state index contributed by atoms with van der Waals surface area (Å²) in [5.74, 6) is -1.32. The smallest absolute Gasteiger partial charge is 0.345 e. The van der Waals surface area contributed by atoms with E-state index in [0.717, 1.165) is 10.1 Å². The van der Waals surface area contributed by atoms with Gasteiger partial charge in [0.1, 0.15) is 10.6 Å². The molecular formula is C30H17Cl4N3O4S. The number of para-hydroxylation sites is 1. The van der Waals surface area contributed by atoms with Crippen molar-refractivity contribution in [1.82, 2.24) is 5.43 Å². The number of benzene rings is 4. The number of hydrogen-bond acceptors (Lipinski definition) is 6. The Morgan fingerprint density at radius 1 is 0.810 bits per heavy atom. The first kappa shape index (κ1) is 29.6. The van der Waals surface area contributed by atoms with Crippen LogP contribution in [0.4, 0.5) is 5.69 Å². The minimum Gasteiger partial charge on any atom is -0.422 e. The van der Waals surface area contributed by atoms with Crippen molar-refractivity contribution in [3.05, 3.63) is 127 Å². The first-order valence-electron chi connectivity index (χ1n) is 12.1. The van der Waals surface area contributed by atoms with Crippen molar-refractivity contribution < 1.29 is 19.1 Å². The largest absolute Gasteiger partial charge is 0.422 e. The molecule has 5 rings (SSSR count). The van der Waals surface area contributed by atoms with Gasteiger partial charge in [-0.2, -0.15) is 5.10 Å². The number of carbonyl (C=O) groups excluding carboxylic acids is 3. The third-order valence-corrected chi connectivity index (χ3v) is 8.28. The fraction of sp³-hybridized carbons (Fsp3) is 0. The summed E-state index contributed by atoms with van der Waals surface area (Å²) >= 11 is 25.7. The molecular weight excluding hydrogens is 640 g/mol. The van der Waals surface area contributed by atoms with Crippen molar-refractivity contribution >= 4 is 97.5 Å². The van der Waals surface area contributed by atoms with Crippen LogP contribution in [-0.2, 0) is 0 Å². The molecule has 0 bridgehead atoms. The summed E-state index contributed by atoms with van der Waals surface area (Å²) < 4.78 is 6.29. The molecule has 1 heterocycles. The normalized spacial score (nSPS) is 11.0. The van der Waals surface area contributed by atoms with E-state index in [-0.39, 0.29) is 22.2 Å². The van der Waals surface area contributed by atoms with Crippen LogP contribution in [0, 0.1) is 0 Å². The average molecular weight is 657 g/mol. The quantitative estimate of drug-likeness (QED) is 0.0792. The molecule has 12 heteroatoms. The van der Waals surface area contributed by atoms with E-state index >= 15 is 0 Å². The second-order valence-electron chi connectivity index (χ2n) is 8.67. The van der Waals surface area contributed by atoms with Gasteiger partial charge in [0.2, 0.25) is 0 Å². The molecule has 0 radical (unpaired) electrons. The predicted molar refractivity (Wildman–Crippen MR) is 169 cm³/mol. The van der Waals surface area contributed by atoms with Crippen LogP contribution in [-0.4, -0.2) is 24.0 Å². The molecule has 2 N–H and O–H groups in total. The van der Waals surface area contributed by atoms with Gasteiger partial charge in [-0.15, -0.1) is 11.3 Å². The fourth-order valence-electron chi connectivity index (χ4n) is 3.79. The summed E-state index contributed by atoms with van der Waals surface area (Å²) in [6.07, 6.45) is 1.35. The number of hydrazone groups is 1. The number of carbonyl (C=O) groups is 3. The van der Waals surface area contributed by atoms with Gasteiger partial charge in [-0.1, -0.05) is 64.6 Å². The molecule has 0 unspecified atom stereocenters. The van der Waals surface area contributed by atoms with Gasteiger partial charge in [0.25, 0.3) is 11.8 Å². The zero-order valence-corrected chi connectivity index (χ0v) is 25.0. The summed E-state index contributed by atoms with van der Waals surface area (Å²) in [5.41, 5.74) is 3.80. The van der Waals surface area contributed by atoms with Gasteiger partial charge in [0.15, 0.2) is 0 Å². The first-order chi connectivity index (χ1) is 20.2. The zero-order chi connectivity index (χ0) is 29.8. The van der Waals surface area contributed by atoms with Crippen molar-refractivity contribution in [3.63, 3.8) is 0 Å². The number of esters is 1. The summed E-state index contributed by atoms with van der Waals surface area (Å²) in [6, 6.07) is 22.6. The van der Waals surface area contributed by atoms with Gasteiger partial charge in [-0.05, 0) is 66.7 Å². The van der Waals surface area contributed by atoms with Crippen LogP contribution < -0.4 is 15.5 Å². The average Bonchev–Trinajstić information content (AvgIpc) is 3.29. The van der Waals surface area contributed by atoms with E-state index in [1.165, 1.54) is 35.8 Å². The minimum atomic E-state index is -0.673. The zero-order valence-electron chi connectivity index (χ0n) is 21.2. The second-order valence-corrected chi connectivity index (χ2v) is 11.4. The van der Waals surface area contributed by atoms with Gasteiger partial charge >= 0.3 is 5.97 Å². The van der Waals surface area contributed by atoms with Gasteiger partial charge in [0.05, 0.1) is 21.8 Å². The van der Waals surface area contributed by atoms with Gasteiger partial charge in [0, 0.05) is 36.9 Å². The Bertz CT molecular complexity index is 1870. The minimum absolute atomic E-state index is 0.151. The third kappa shape index (κ3) is 6.75. The number of fused-ring (bicyclic) bond motifs is 1. The summed E-state index contributed by atoms with van der Waals surface area (Å²) in [6.45, 7) is 0. The van der Waals surface area contributed by atoms with Crippen molar-refractivity contribution in [2.45, 2.75) is 0 Å². The van der Waals surface area contributed by atoms with E-state index in [1.54, 1.807) is 66.7 Å². The van der Waals surface area contributed by atoms with E-state index in [1.807, 2.05) is 0 Å². The Morgan fingerprint density at radius 3 is 2.29 bits per heavy atom. The Balaban J connectivity index is 1.21. The molecule has 0 aliphatic carbocycles. The van der Waals surface area contributed by atoms with Gasteiger partial charge < -0.3 is 10.1 Å². The molecule has 0 spiro atoms. The highest BCUT2D eigenvalue weighted by atomic mass is 35.5. The lowest BCUT2D eigenvalue weighted by Gasteiger charge is -2.08. The maximum absolute atomic E-state index is 12.8. The molecule has 5 aromatic rings. The topological polar surface area (TPSA) is 96.9 Å². The van der Waals surface area contributed by atoms with Gasteiger partial charge in [-0.3, -0.25) is 9.59 Å². The highest BCUT2D eigenvalue weighted by Gasteiger charge is 2.18. The van der Waals surface area contributed by atoms with E-state index in [0.29, 0.717) is 36.8 Å². The molecule has 0 aliphatic heterocycles. The maximum atomic E-state index is 12.8. The number of halogens is 4. The number of nitrogens with zero attached hydrogens (tertiary/aromatic N) is 1. The Labute approximate surface area is 263 Å². The maximum Gasteiger partial charge on any atom is 0.345 e. The summed E-state index contributed by atoms with van der Waals surface area (Å²) in [7, 11) is 0. The van der Waals surface area contributed by atoms with Crippen molar-refractivity contribution in [2.24, 2.45) is 5.10 Å². The van der Waals surface area contributed by atoms with Crippen molar-refractivity contribution in [3.8, 4) is 5.75 Å². The lowest BCUT2D eigenvalue weighted by molar-refractivity contribution is 0.0734. The Kier molecular flexibility index (Phi) is 9.11. The van der Waals surface area contributed by atoms with Crippen LogP contribution in [0.3, 0.4) is 0 Å². The number of hydrogen-bond donors (Lipinski definition) is 2. The Morgan fingerprint density at radius 2 is 1.52 bits per heavy atom. The monoisotopic (exact) mass is 655 g/mol. The van der Waals surface area contributed by atoms with Crippen molar-refractivity contribution in [1.29, 1.82) is 0 Å². The predicted octanol–water partition coefficient (Wildman–Crippen LogP) is 8.75.